The number of nitro groups is 1. The highest BCUT2D eigenvalue weighted by Gasteiger charge is 2.23. The molecule has 0 fully saturated rings. The van der Waals surface area contributed by atoms with Gasteiger partial charge in [-0.25, -0.2) is 0 Å². The van der Waals surface area contributed by atoms with Gasteiger partial charge in [-0.2, -0.15) is 13.5 Å². The van der Waals surface area contributed by atoms with E-state index in [0.29, 0.717) is 21.1 Å². The fourth-order valence-electron chi connectivity index (χ4n) is 2.31. The maximum Gasteiger partial charge on any atom is 0.284 e. The van der Waals surface area contributed by atoms with E-state index in [-0.39, 0.29) is 16.4 Å². The van der Waals surface area contributed by atoms with Gasteiger partial charge in [0.1, 0.15) is 11.6 Å². The molecule has 1 heterocycles. The first-order valence-electron chi connectivity index (χ1n) is 7.33. The third-order valence-electron chi connectivity index (χ3n) is 3.66. The van der Waals surface area contributed by atoms with Crippen LogP contribution in [0.5, 0.6) is 5.75 Å². The average Bonchev–Trinajstić information content (AvgIpc) is 3.04. The van der Waals surface area contributed by atoms with Crippen LogP contribution in [0, 0.1) is 10.1 Å². The summed E-state index contributed by atoms with van der Waals surface area (Å²) >= 11 is 0. The SMILES string of the molecule is COc1ccc(-c2cc(N)n(S(=O)(=O)c3ccc([N+](=O)[O-])cc3)n2)cc1. The monoisotopic (exact) mass is 374 g/mol. The fraction of sp³-hybridized carbons (Fsp3) is 0.0625. The quantitative estimate of drug-likeness (QED) is 0.535. The standard InChI is InChI=1S/C16H14N4O5S/c1-25-13-6-2-11(3-7-13)15-10-16(17)19(18-15)26(23,24)14-8-4-12(5-9-14)20(21)22/h2-10H,17H2,1H3. The summed E-state index contributed by atoms with van der Waals surface area (Å²) in [5, 5.41) is 14.8. The molecule has 3 aromatic rings. The van der Waals surface area contributed by atoms with E-state index in [0.717, 1.165) is 24.3 Å². The number of nitrogen functional groups attached to an aromatic ring is 1. The summed E-state index contributed by atoms with van der Waals surface area (Å²) in [4.78, 5) is 9.94. The Hall–Kier alpha value is -3.40. The van der Waals surface area contributed by atoms with Crippen LogP contribution in [0.1, 0.15) is 0 Å². The van der Waals surface area contributed by atoms with Crippen molar-refractivity contribution in [2.24, 2.45) is 0 Å². The number of hydrogen-bond donors (Lipinski definition) is 1. The Kier molecular flexibility index (Phi) is 4.34. The summed E-state index contributed by atoms with van der Waals surface area (Å²) in [5.74, 6) is 0.578. The Morgan fingerprint density at radius 2 is 1.73 bits per heavy atom. The van der Waals surface area contributed by atoms with Gasteiger partial charge in [-0.1, -0.05) is 0 Å². The molecule has 0 amide bonds. The van der Waals surface area contributed by atoms with Crippen LogP contribution in [0.2, 0.25) is 0 Å². The number of hydrogen-bond acceptors (Lipinski definition) is 7. The molecule has 0 radical (unpaired) electrons. The lowest BCUT2D eigenvalue weighted by molar-refractivity contribution is -0.384. The minimum absolute atomic E-state index is 0.0748. The molecule has 0 aliphatic carbocycles. The van der Waals surface area contributed by atoms with Crippen molar-refractivity contribution in [3.05, 3.63) is 64.7 Å². The normalized spacial score (nSPS) is 11.3. The van der Waals surface area contributed by atoms with Crippen LogP contribution in [0.3, 0.4) is 0 Å². The lowest BCUT2D eigenvalue weighted by Gasteiger charge is -2.06. The molecular formula is C16H14N4O5S. The highest BCUT2D eigenvalue weighted by molar-refractivity contribution is 7.90. The molecule has 2 aromatic carbocycles. The van der Waals surface area contributed by atoms with Gasteiger partial charge in [0.15, 0.2) is 0 Å². The first-order chi connectivity index (χ1) is 12.3. The van der Waals surface area contributed by atoms with Crippen LogP contribution < -0.4 is 10.5 Å². The molecule has 0 spiro atoms. The van der Waals surface area contributed by atoms with E-state index in [1.54, 1.807) is 31.4 Å². The summed E-state index contributed by atoms with van der Waals surface area (Å²) in [6.45, 7) is 0. The second-order valence-electron chi connectivity index (χ2n) is 5.28. The minimum Gasteiger partial charge on any atom is -0.497 e. The number of rotatable bonds is 5. The third kappa shape index (κ3) is 3.09. The topological polar surface area (TPSA) is 130 Å². The molecule has 26 heavy (non-hydrogen) atoms. The lowest BCUT2D eigenvalue weighted by atomic mass is 10.1. The van der Waals surface area contributed by atoms with Crippen molar-refractivity contribution in [2.75, 3.05) is 12.8 Å². The number of nitro benzene ring substituents is 1. The van der Waals surface area contributed by atoms with Crippen molar-refractivity contribution in [3.8, 4) is 17.0 Å². The van der Waals surface area contributed by atoms with Crippen LogP contribution in [0.15, 0.2) is 59.5 Å². The number of methoxy groups -OCH3 is 1. The first-order valence-corrected chi connectivity index (χ1v) is 8.77. The van der Waals surface area contributed by atoms with E-state index in [1.165, 1.54) is 6.07 Å². The second kappa shape index (κ2) is 6.48. The Labute approximate surface area is 148 Å². The molecule has 0 atom stereocenters. The van der Waals surface area contributed by atoms with E-state index in [9.17, 15) is 18.5 Å². The molecule has 0 aliphatic rings. The Morgan fingerprint density at radius 1 is 1.12 bits per heavy atom. The van der Waals surface area contributed by atoms with Gasteiger partial charge in [0, 0.05) is 23.8 Å². The fourth-order valence-corrected chi connectivity index (χ4v) is 3.52. The van der Waals surface area contributed by atoms with Crippen molar-refractivity contribution in [1.29, 1.82) is 0 Å². The minimum atomic E-state index is -4.08. The molecule has 0 saturated heterocycles. The van der Waals surface area contributed by atoms with Gasteiger partial charge in [-0.15, -0.1) is 4.09 Å². The molecule has 10 heteroatoms. The predicted molar refractivity (Wildman–Crippen MR) is 94.3 cm³/mol. The van der Waals surface area contributed by atoms with Gasteiger partial charge in [0.05, 0.1) is 22.6 Å². The molecule has 0 bridgehead atoms. The number of nitrogens with zero attached hydrogens (tertiary/aromatic N) is 3. The zero-order valence-corrected chi connectivity index (χ0v) is 14.4. The molecule has 0 unspecified atom stereocenters. The predicted octanol–water partition coefficient (Wildman–Crippen LogP) is 2.29. The zero-order valence-electron chi connectivity index (χ0n) is 13.6. The highest BCUT2D eigenvalue weighted by atomic mass is 32.2. The van der Waals surface area contributed by atoms with Crippen LogP contribution in [-0.2, 0) is 10.0 Å². The summed E-state index contributed by atoms with van der Waals surface area (Å²) in [6.07, 6.45) is 0. The Balaban J connectivity index is 2.00. The zero-order chi connectivity index (χ0) is 18.9. The van der Waals surface area contributed by atoms with E-state index < -0.39 is 14.9 Å². The number of ether oxygens (including phenoxy) is 1. The van der Waals surface area contributed by atoms with Crippen LogP contribution >= 0.6 is 0 Å². The van der Waals surface area contributed by atoms with E-state index in [1.807, 2.05) is 0 Å². The molecule has 0 saturated carbocycles. The molecule has 3 rings (SSSR count). The summed E-state index contributed by atoms with van der Waals surface area (Å²) in [7, 11) is -2.54. The number of aromatic nitrogens is 2. The van der Waals surface area contributed by atoms with Gasteiger partial charge >= 0.3 is 0 Å². The van der Waals surface area contributed by atoms with Gasteiger partial charge < -0.3 is 10.5 Å². The summed E-state index contributed by atoms with van der Waals surface area (Å²) in [5.41, 5.74) is 6.65. The van der Waals surface area contributed by atoms with E-state index >= 15 is 0 Å². The van der Waals surface area contributed by atoms with Crippen LogP contribution in [0.4, 0.5) is 11.5 Å². The van der Waals surface area contributed by atoms with Crippen molar-refractivity contribution < 1.29 is 18.1 Å². The van der Waals surface area contributed by atoms with Crippen molar-refractivity contribution in [1.82, 2.24) is 9.19 Å². The van der Waals surface area contributed by atoms with Gasteiger partial charge in [-0.05, 0) is 36.4 Å². The molecule has 0 aliphatic heterocycles. The second-order valence-corrected chi connectivity index (χ2v) is 7.05. The number of nitrogens with two attached hydrogens (primary N) is 1. The maximum absolute atomic E-state index is 12.7. The van der Waals surface area contributed by atoms with Gasteiger partial charge in [0.2, 0.25) is 0 Å². The third-order valence-corrected chi connectivity index (χ3v) is 5.28. The largest absolute Gasteiger partial charge is 0.497 e. The highest BCUT2D eigenvalue weighted by Crippen LogP contribution is 2.26. The van der Waals surface area contributed by atoms with Crippen LogP contribution in [-0.4, -0.2) is 29.6 Å². The molecule has 1 aromatic heterocycles. The van der Waals surface area contributed by atoms with Gasteiger partial charge in [-0.3, -0.25) is 10.1 Å². The maximum atomic E-state index is 12.7. The van der Waals surface area contributed by atoms with Gasteiger partial charge in [0.25, 0.3) is 15.7 Å². The van der Waals surface area contributed by atoms with E-state index in [2.05, 4.69) is 5.10 Å². The van der Waals surface area contributed by atoms with Crippen molar-refractivity contribution >= 4 is 21.5 Å². The average molecular weight is 374 g/mol. The number of anilines is 1. The van der Waals surface area contributed by atoms with Crippen LogP contribution in [0.25, 0.3) is 11.3 Å². The smallest absolute Gasteiger partial charge is 0.284 e. The first kappa shape index (κ1) is 17.4. The number of non-ortho nitro benzene ring substituents is 1. The molecule has 134 valence electrons. The Morgan fingerprint density at radius 3 is 2.27 bits per heavy atom. The molecular weight excluding hydrogens is 360 g/mol. The lowest BCUT2D eigenvalue weighted by Crippen LogP contribution is -2.16. The molecule has 9 nitrogen and oxygen atoms in total. The van der Waals surface area contributed by atoms with E-state index in [4.69, 9.17) is 10.5 Å². The summed E-state index contributed by atoms with van der Waals surface area (Å²) in [6, 6.07) is 12.8. The molecule has 2 N–H and O–H groups in total. The summed E-state index contributed by atoms with van der Waals surface area (Å²) < 4.78 is 31.2. The Bertz CT molecular complexity index is 1060. The number of benzene rings is 2. The van der Waals surface area contributed by atoms with Crippen molar-refractivity contribution in [2.45, 2.75) is 4.90 Å². The van der Waals surface area contributed by atoms with Crippen molar-refractivity contribution in [3.63, 3.8) is 0 Å².